The van der Waals surface area contributed by atoms with E-state index in [9.17, 15) is 4.79 Å². The maximum absolute atomic E-state index is 11.3. The van der Waals surface area contributed by atoms with Crippen LogP contribution in [0.15, 0.2) is 0 Å². The van der Waals surface area contributed by atoms with Gasteiger partial charge in [0.1, 0.15) is 6.10 Å². The van der Waals surface area contributed by atoms with Crippen LogP contribution in [0, 0.1) is 0 Å². The van der Waals surface area contributed by atoms with E-state index in [2.05, 4.69) is 32.0 Å². The monoisotopic (exact) mass is 421 g/mol. The molecule has 0 bridgehead atoms. The van der Waals surface area contributed by atoms with Crippen LogP contribution in [-0.4, -0.2) is 54.8 Å². The van der Waals surface area contributed by atoms with Crippen molar-refractivity contribution in [3.05, 3.63) is 5.82 Å². The Labute approximate surface area is 179 Å². The Bertz CT molecular complexity index is 674. The first-order valence-corrected chi connectivity index (χ1v) is 11.7. The number of aryl methyl sites for hydroxylation is 1. The second-order valence-electron chi connectivity index (χ2n) is 8.42. The van der Waals surface area contributed by atoms with Crippen molar-refractivity contribution >= 4 is 23.2 Å². The van der Waals surface area contributed by atoms with Crippen LogP contribution >= 0.6 is 12.2 Å². The van der Waals surface area contributed by atoms with Gasteiger partial charge < -0.3 is 9.64 Å². The third-order valence-corrected chi connectivity index (χ3v) is 6.74. The zero-order chi connectivity index (χ0) is 20.6. The number of tetrazole rings is 1. The molecule has 0 aromatic carbocycles. The van der Waals surface area contributed by atoms with Crippen molar-refractivity contribution in [2.24, 2.45) is 0 Å². The summed E-state index contributed by atoms with van der Waals surface area (Å²) in [7, 11) is 0. The molecule has 2 unspecified atom stereocenters. The van der Waals surface area contributed by atoms with Gasteiger partial charge in [-0.25, -0.2) is 4.68 Å². The second-order valence-corrected chi connectivity index (χ2v) is 8.89. The molecule has 1 aromatic heterocycles. The molecule has 1 heterocycles. The number of rotatable bonds is 8. The molecule has 2 saturated carbocycles. The summed E-state index contributed by atoms with van der Waals surface area (Å²) in [4.78, 5) is 14.7. The van der Waals surface area contributed by atoms with Crippen molar-refractivity contribution in [3.63, 3.8) is 0 Å². The smallest absolute Gasteiger partial charge is 0.302 e. The standard InChI is InChI=1S/C21H35N5O2S/c1-3-25(18-11-7-12-19(15-18)28-16(2)27)21(29)14-8-13-20-22-23-24-26(20)17-9-5-4-6-10-17/h17-19H,3-15H2,1-2H3. The van der Waals surface area contributed by atoms with E-state index in [0.717, 1.165) is 62.3 Å². The molecule has 7 nitrogen and oxygen atoms in total. The SMILES string of the molecule is CCN(C(=S)CCCc1nnnn1C1CCCCC1)C1CCCC(OC(C)=O)C1. The number of hydrogen-bond acceptors (Lipinski definition) is 6. The molecule has 3 rings (SSSR count). The predicted octanol–water partition coefficient (Wildman–Crippen LogP) is 4.02. The van der Waals surface area contributed by atoms with Gasteiger partial charge in [0.15, 0.2) is 5.82 Å². The molecule has 0 N–H and O–H groups in total. The summed E-state index contributed by atoms with van der Waals surface area (Å²) in [5.74, 6) is 0.812. The van der Waals surface area contributed by atoms with Crippen molar-refractivity contribution in [2.75, 3.05) is 6.54 Å². The second kappa shape index (κ2) is 11.0. The molecule has 0 radical (unpaired) electrons. The summed E-state index contributed by atoms with van der Waals surface area (Å²) in [6.07, 6.45) is 13.0. The van der Waals surface area contributed by atoms with Gasteiger partial charge in [0, 0.05) is 32.4 Å². The summed E-state index contributed by atoms with van der Waals surface area (Å²) in [5, 5.41) is 12.5. The summed E-state index contributed by atoms with van der Waals surface area (Å²) >= 11 is 5.79. The Kier molecular flexibility index (Phi) is 8.39. The van der Waals surface area contributed by atoms with Gasteiger partial charge in [-0.3, -0.25) is 4.79 Å². The van der Waals surface area contributed by atoms with Crippen LogP contribution in [0.5, 0.6) is 0 Å². The molecule has 2 aliphatic rings. The number of hydrogen-bond donors (Lipinski definition) is 0. The lowest BCUT2D eigenvalue weighted by Crippen LogP contribution is -2.43. The van der Waals surface area contributed by atoms with Crippen LogP contribution in [0.2, 0.25) is 0 Å². The van der Waals surface area contributed by atoms with Gasteiger partial charge in [-0.1, -0.05) is 31.5 Å². The normalized spacial score (nSPS) is 23.0. The minimum Gasteiger partial charge on any atom is -0.462 e. The van der Waals surface area contributed by atoms with E-state index >= 15 is 0 Å². The number of thiocarbonyl (C=S) groups is 1. The number of esters is 1. The van der Waals surface area contributed by atoms with Crippen LogP contribution in [0.25, 0.3) is 0 Å². The number of ether oxygens (including phenoxy) is 1. The molecule has 29 heavy (non-hydrogen) atoms. The van der Waals surface area contributed by atoms with Crippen molar-refractivity contribution in [3.8, 4) is 0 Å². The zero-order valence-electron chi connectivity index (χ0n) is 17.9. The average molecular weight is 422 g/mol. The topological polar surface area (TPSA) is 73.1 Å². The molecule has 0 aliphatic heterocycles. The summed E-state index contributed by atoms with van der Waals surface area (Å²) in [6, 6.07) is 0.839. The Morgan fingerprint density at radius 1 is 1.21 bits per heavy atom. The molecule has 2 aliphatic carbocycles. The highest BCUT2D eigenvalue weighted by atomic mass is 32.1. The fourth-order valence-electron chi connectivity index (χ4n) is 4.91. The Hall–Kier alpha value is -1.57. The van der Waals surface area contributed by atoms with Crippen LogP contribution in [0.1, 0.15) is 96.3 Å². The van der Waals surface area contributed by atoms with Gasteiger partial charge >= 0.3 is 5.97 Å². The fourth-order valence-corrected chi connectivity index (χ4v) is 5.33. The van der Waals surface area contributed by atoms with E-state index in [1.807, 2.05) is 0 Å². The minimum atomic E-state index is -0.183. The fraction of sp³-hybridized carbons (Fsp3) is 0.857. The molecule has 0 saturated heterocycles. The van der Waals surface area contributed by atoms with Crippen LogP contribution in [0.4, 0.5) is 0 Å². The molecule has 0 spiro atoms. The summed E-state index contributed by atoms with van der Waals surface area (Å²) in [5.41, 5.74) is 0. The quantitative estimate of drug-likeness (QED) is 0.463. The van der Waals surface area contributed by atoms with E-state index in [-0.39, 0.29) is 12.1 Å². The predicted molar refractivity (Wildman–Crippen MR) is 116 cm³/mol. The van der Waals surface area contributed by atoms with Crippen molar-refractivity contribution in [1.29, 1.82) is 0 Å². The van der Waals surface area contributed by atoms with Crippen molar-refractivity contribution < 1.29 is 9.53 Å². The van der Waals surface area contributed by atoms with Gasteiger partial charge in [-0.05, 0) is 62.3 Å². The first-order chi connectivity index (χ1) is 14.1. The van der Waals surface area contributed by atoms with Crippen LogP contribution in [0.3, 0.4) is 0 Å². The molecule has 8 heteroatoms. The lowest BCUT2D eigenvalue weighted by molar-refractivity contribution is -0.148. The highest BCUT2D eigenvalue weighted by Crippen LogP contribution is 2.29. The first-order valence-electron chi connectivity index (χ1n) is 11.3. The maximum Gasteiger partial charge on any atom is 0.302 e. The largest absolute Gasteiger partial charge is 0.462 e. The van der Waals surface area contributed by atoms with E-state index in [0.29, 0.717) is 12.1 Å². The Balaban J connectivity index is 1.49. The molecular weight excluding hydrogens is 386 g/mol. The maximum atomic E-state index is 11.3. The van der Waals surface area contributed by atoms with Crippen LogP contribution < -0.4 is 0 Å². The Morgan fingerprint density at radius 3 is 2.72 bits per heavy atom. The average Bonchev–Trinajstić information content (AvgIpc) is 3.17. The summed E-state index contributed by atoms with van der Waals surface area (Å²) in [6.45, 7) is 4.55. The highest BCUT2D eigenvalue weighted by molar-refractivity contribution is 7.80. The first kappa shape index (κ1) is 22.1. The molecular formula is C21H35N5O2S. The van der Waals surface area contributed by atoms with Gasteiger partial charge in [0.25, 0.3) is 0 Å². The Morgan fingerprint density at radius 2 is 2.00 bits per heavy atom. The molecule has 162 valence electrons. The van der Waals surface area contributed by atoms with E-state index in [1.165, 1.54) is 39.0 Å². The third-order valence-electron chi connectivity index (χ3n) is 6.31. The number of carbonyl (C=O) groups excluding carboxylic acids is 1. The van der Waals surface area contributed by atoms with Crippen LogP contribution in [-0.2, 0) is 16.0 Å². The van der Waals surface area contributed by atoms with Gasteiger partial charge in [0.05, 0.1) is 11.0 Å². The number of nitrogens with zero attached hydrogens (tertiary/aromatic N) is 5. The van der Waals surface area contributed by atoms with Crippen molar-refractivity contribution in [1.82, 2.24) is 25.1 Å². The third kappa shape index (κ3) is 6.20. The highest BCUT2D eigenvalue weighted by Gasteiger charge is 2.29. The molecule has 1 aromatic rings. The number of carbonyl (C=O) groups is 1. The van der Waals surface area contributed by atoms with Gasteiger partial charge in [-0.2, -0.15) is 0 Å². The molecule has 0 amide bonds. The molecule has 2 fully saturated rings. The van der Waals surface area contributed by atoms with Crippen molar-refractivity contribution in [2.45, 2.75) is 109 Å². The van der Waals surface area contributed by atoms with Gasteiger partial charge in [0.2, 0.25) is 0 Å². The van der Waals surface area contributed by atoms with Gasteiger partial charge in [-0.15, -0.1) is 5.10 Å². The lowest BCUT2D eigenvalue weighted by Gasteiger charge is -2.38. The van der Waals surface area contributed by atoms with E-state index < -0.39 is 0 Å². The molecule has 2 atom stereocenters. The summed E-state index contributed by atoms with van der Waals surface area (Å²) < 4.78 is 7.52. The minimum absolute atomic E-state index is 0.0308. The van der Waals surface area contributed by atoms with E-state index in [4.69, 9.17) is 17.0 Å². The zero-order valence-corrected chi connectivity index (χ0v) is 18.7. The number of aromatic nitrogens is 4. The lowest BCUT2D eigenvalue weighted by atomic mass is 9.91. The van der Waals surface area contributed by atoms with E-state index in [1.54, 1.807) is 0 Å².